The van der Waals surface area contributed by atoms with Gasteiger partial charge in [0.1, 0.15) is 17.4 Å². The molecule has 1 aromatic carbocycles. The van der Waals surface area contributed by atoms with E-state index < -0.39 is 27.7 Å². The van der Waals surface area contributed by atoms with E-state index in [1.807, 2.05) is 13.8 Å². The molecule has 0 spiro atoms. The maximum Gasteiger partial charge on any atom is 0.303 e. The molecule has 190 valence electrons. The summed E-state index contributed by atoms with van der Waals surface area (Å²) < 4.78 is 44.7. The number of carboxylic acids is 1. The van der Waals surface area contributed by atoms with Gasteiger partial charge in [0.25, 0.3) is 5.91 Å². The minimum atomic E-state index is -3.66. The van der Waals surface area contributed by atoms with Crippen molar-refractivity contribution >= 4 is 38.8 Å². The third kappa shape index (κ3) is 6.56. The van der Waals surface area contributed by atoms with Gasteiger partial charge in [-0.05, 0) is 55.2 Å². The van der Waals surface area contributed by atoms with Crippen LogP contribution < -0.4 is 9.62 Å². The zero-order valence-corrected chi connectivity index (χ0v) is 21.2. The first-order valence-corrected chi connectivity index (χ1v) is 13.0. The van der Waals surface area contributed by atoms with Crippen LogP contribution in [0.2, 0.25) is 0 Å². The van der Waals surface area contributed by atoms with Gasteiger partial charge in [0.15, 0.2) is 0 Å². The van der Waals surface area contributed by atoms with E-state index in [9.17, 15) is 22.4 Å². The van der Waals surface area contributed by atoms with Crippen molar-refractivity contribution in [2.45, 2.75) is 39.5 Å². The number of furan rings is 1. The van der Waals surface area contributed by atoms with Crippen molar-refractivity contribution < 1.29 is 31.9 Å². The quantitative estimate of drug-likeness (QED) is 0.415. The Labute approximate surface area is 204 Å². The summed E-state index contributed by atoms with van der Waals surface area (Å²) in [6.45, 7) is 4.00. The van der Waals surface area contributed by atoms with Gasteiger partial charge in [-0.2, -0.15) is 4.98 Å². The molecule has 0 saturated carbocycles. The van der Waals surface area contributed by atoms with Crippen LogP contribution in [0.4, 0.5) is 10.2 Å². The Morgan fingerprint density at radius 3 is 2.34 bits per heavy atom. The summed E-state index contributed by atoms with van der Waals surface area (Å²) in [6.07, 6.45) is 2.23. The molecule has 2 heterocycles. The summed E-state index contributed by atoms with van der Waals surface area (Å²) in [5, 5.41) is 11.8. The lowest BCUT2D eigenvalue weighted by Gasteiger charge is -2.19. The Balaban J connectivity index is 0.00000210. The number of carbonyl (C=O) groups is 2. The summed E-state index contributed by atoms with van der Waals surface area (Å²) >= 11 is 0. The van der Waals surface area contributed by atoms with Gasteiger partial charge in [-0.25, -0.2) is 12.8 Å². The van der Waals surface area contributed by atoms with Crippen LogP contribution in [-0.4, -0.2) is 50.7 Å². The molecule has 0 atom stereocenters. The summed E-state index contributed by atoms with van der Waals surface area (Å²) in [4.78, 5) is 28.0. The van der Waals surface area contributed by atoms with Gasteiger partial charge in [-0.3, -0.25) is 13.9 Å². The van der Waals surface area contributed by atoms with Gasteiger partial charge >= 0.3 is 5.97 Å². The van der Waals surface area contributed by atoms with Crippen molar-refractivity contribution in [1.82, 2.24) is 10.3 Å². The van der Waals surface area contributed by atoms with E-state index in [0.29, 0.717) is 35.8 Å². The van der Waals surface area contributed by atoms with Crippen LogP contribution in [0.25, 0.3) is 22.4 Å². The predicted molar refractivity (Wildman–Crippen MR) is 133 cm³/mol. The highest BCUT2D eigenvalue weighted by Gasteiger charge is 2.26. The van der Waals surface area contributed by atoms with Crippen LogP contribution in [-0.2, 0) is 21.2 Å². The molecule has 0 fully saturated rings. The number of carboxylic acid groups (broad SMARTS) is 1. The van der Waals surface area contributed by atoms with E-state index in [2.05, 4.69) is 10.3 Å². The number of aromatic nitrogens is 1. The second-order valence-electron chi connectivity index (χ2n) is 7.55. The maximum absolute atomic E-state index is 13.4. The van der Waals surface area contributed by atoms with Crippen LogP contribution in [0, 0.1) is 5.82 Å². The largest absolute Gasteiger partial charge is 0.481 e. The van der Waals surface area contributed by atoms with Crippen LogP contribution >= 0.6 is 0 Å². The maximum atomic E-state index is 13.4. The Bertz CT molecular complexity index is 1300. The molecule has 2 N–H and O–H groups in total. The van der Waals surface area contributed by atoms with Gasteiger partial charge in [-0.15, -0.1) is 0 Å². The minimum Gasteiger partial charge on any atom is -0.481 e. The number of nitrogens with one attached hydrogen (secondary N) is 1. The Morgan fingerprint density at radius 1 is 1.17 bits per heavy atom. The fraction of sp³-hybridized carbons (Fsp3) is 0.375. The van der Waals surface area contributed by atoms with E-state index in [1.54, 1.807) is 6.07 Å². The first-order valence-electron chi connectivity index (χ1n) is 11.1. The van der Waals surface area contributed by atoms with Crippen molar-refractivity contribution in [2.75, 3.05) is 24.7 Å². The standard InChI is InChI=1S/C22H24FN3O6S.C2H6/c1-24-21(29)18-16-12-14(6-4-5-7-17(27)28)20(26(2)33(3,30)31)25-22(16)32-19(18)13-8-10-15(23)11-9-13;1-2/h8-12H,4-7H2,1-3H3,(H,24,29)(H,27,28);1-2H3. The predicted octanol–water partition coefficient (Wildman–Crippen LogP) is 4.21. The molecule has 0 radical (unpaired) electrons. The number of pyridine rings is 1. The smallest absolute Gasteiger partial charge is 0.303 e. The molecule has 11 heteroatoms. The number of benzene rings is 1. The lowest BCUT2D eigenvalue weighted by atomic mass is 10.0. The Hall–Kier alpha value is -3.47. The van der Waals surface area contributed by atoms with Crippen LogP contribution in [0.5, 0.6) is 0 Å². The minimum absolute atomic E-state index is 0.0170. The van der Waals surface area contributed by atoms with E-state index in [-0.39, 0.29) is 29.3 Å². The van der Waals surface area contributed by atoms with E-state index in [0.717, 1.165) is 10.6 Å². The molecule has 3 rings (SSSR count). The number of hydrogen-bond acceptors (Lipinski definition) is 6. The molecule has 35 heavy (non-hydrogen) atoms. The van der Waals surface area contributed by atoms with E-state index >= 15 is 0 Å². The lowest BCUT2D eigenvalue weighted by Crippen LogP contribution is -2.27. The highest BCUT2D eigenvalue weighted by molar-refractivity contribution is 7.92. The summed E-state index contributed by atoms with van der Waals surface area (Å²) in [5.41, 5.74) is 1.21. The normalized spacial score (nSPS) is 11.0. The SMILES string of the molecule is CC.CNC(=O)c1c(-c2ccc(F)cc2)oc2nc(N(C)S(C)(=O)=O)c(CCCCC(=O)O)cc12. The van der Waals surface area contributed by atoms with E-state index in [1.165, 1.54) is 38.4 Å². The number of nitrogens with zero attached hydrogens (tertiary/aromatic N) is 2. The number of amides is 1. The van der Waals surface area contributed by atoms with Crippen molar-refractivity contribution in [1.29, 1.82) is 0 Å². The first-order chi connectivity index (χ1) is 16.5. The average molecular weight is 508 g/mol. The van der Waals surface area contributed by atoms with Gasteiger partial charge in [0, 0.05) is 26.1 Å². The van der Waals surface area contributed by atoms with Crippen LogP contribution in [0.3, 0.4) is 0 Å². The number of hydrogen-bond donors (Lipinski definition) is 2. The molecule has 0 saturated heterocycles. The fourth-order valence-electron chi connectivity index (χ4n) is 3.42. The number of carbonyl (C=O) groups excluding carboxylic acids is 1. The Morgan fingerprint density at radius 2 is 1.80 bits per heavy atom. The molecule has 0 aliphatic heterocycles. The molecule has 3 aromatic rings. The number of sulfonamides is 1. The fourth-order valence-corrected chi connectivity index (χ4v) is 3.89. The van der Waals surface area contributed by atoms with Gasteiger partial charge in [0.05, 0.1) is 17.2 Å². The van der Waals surface area contributed by atoms with Crippen molar-refractivity contribution in [3.63, 3.8) is 0 Å². The zero-order valence-electron chi connectivity index (χ0n) is 20.4. The average Bonchev–Trinajstić information content (AvgIpc) is 3.19. The number of aryl methyl sites for hydroxylation is 1. The second-order valence-corrected chi connectivity index (χ2v) is 9.56. The third-order valence-electron chi connectivity index (χ3n) is 5.18. The molecule has 1 amide bonds. The Kier molecular flexibility index (Phi) is 9.35. The number of rotatable bonds is 9. The number of aliphatic carboxylic acids is 1. The van der Waals surface area contributed by atoms with Crippen molar-refractivity contribution in [2.24, 2.45) is 0 Å². The van der Waals surface area contributed by atoms with Crippen LogP contribution in [0.1, 0.15) is 49.0 Å². The zero-order chi connectivity index (χ0) is 26.3. The second kappa shape index (κ2) is 11.8. The topological polar surface area (TPSA) is 130 Å². The van der Waals surface area contributed by atoms with Gasteiger partial charge in [-0.1, -0.05) is 13.8 Å². The number of halogens is 1. The van der Waals surface area contributed by atoms with Crippen molar-refractivity contribution in [3.8, 4) is 11.3 Å². The van der Waals surface area contributed by atoms with Crippen LogP contribution in [0.15, 0.2) is 34.7 Å². The summed E-state index contributed by atoms with van der Waals surface area (Å²) in [7, 11) is -0.843. The molecular formula is C24H30FN3O6S. The number of anilines is 1. The molecule has 0 bridgehead atoms. The van der Waals surface area contributed by atoms with Gasteiger partial charge < -0.3 is 14.8 Å². The van der Waals surface area contributed by atoms with Crippen molar-refractivity contribution in [3.05, 3.63) is 47.3 Å². The molecule has 2 aromatic heterocycles. The highest BCUT2D eigenvalue weighted by Crippen LogP contribution is 2.36. The first kappa shape index (κ1) is 27.8. The monoisotopic (exact) mass is 507 g/mol. The summed E-state index contributed by atoms with van der Waals surface area (Å²) in [6, 6.07) is 7.05. The molecule has 0 aliphatic carbocycles. The van der Waals surface area contributed by atoms with Gasteiger partial charge in [0.2, 0.25) is 15.7 Å². The molecule has 0 aliphatic rings. The third-order valence-corrected chi connectivity index (χ3v) is 6.35. The lowest BCUT2D eigenvalue weighted by molar-refractivity contribution is -0.137. The summed E-state index contributed by atoms with van der Waals surface area (Å²) in [5.74, 6) is -1.51. The van der Waals surface area contributed by atoms with E-state index in [4.69, 9.17) is 9.52 Å². The highest BCUT2D eigenvalue weighted by atomic mass is 32.2. The molecular weight excluding hydrogens is 477 g/mol. The number of fused-ring (bicyclic) bond motifs is 1. The molecule has 0 unspecified atom stereocenters. The molecule has 9 nitrogen and oxygen atoms in total. The number of unbranched alkanes of at least 4 members (excludes halogenated alkanes) is 1.